The fraction of sp³-hybridized carbons (Fsp3) is 0.154. The van der Waals surface area contributed by atoms with Crippen LogP contribution in [0.5, 0.6) is 11.6 Å². The molecule has 0 saturated carbocycles. The van der Waals surface area contributed by atoms with Gasteiger partial charge in [0.2, 0.25) is 5.88 Å². The minimum absolute atomic E-state index is 0.00948. The van der Waals surface area contributed by atoms with E-state index in [4.69, 9.17) is 14.6 Å². The Morgan fingerprint density at radius 1 is 1.11 bits per heavy atom. The molecule has 0 radical (unpaired) electrons. The van der Waals surface area contributed by atoms with Crippen LogP contribution in [-0.4, -0.2) is 35.5 Å². The average molecular weight is 260 g/mol. The van der Waals surface area contributed by atoms with E-state index in [1.54, 1.807) is 31.4 Å². The normalized spacial score (nSPS) is 10.0. The molecule has 2 rings (SSSR count). The minimum Gasteiger partial charge on any atom is -0.497 e. The summed E-state index contributed by atoms with van der Waals surface area (Å²) in [4.78, 5) is 11.1. The van der Waals surface area contributed by atoms with Crippen molar-refractivity contribution in [2.45, 2.75) is 0 Å². The van der Waals surface area contributed by atoms with Gasteiger partial charge in [-0.2, -0.15) is 0 Å². The lowest BCUT2D eigenvalue weighted by Gasteiger charge is -2.06. The van der Waals surface area contributed by atoms with Crippen LogP contribution in [0.25, 0.3) is 11.3 Å². The summed E-state index contributed by atoms with van der Waals surface area (Å²) in [5.74, 6) is -0.407. The maximum atomic E-state index is 11.1. The van der Waals surface area contributed by atoms with Gasteiger partial charge in [0.05, 0.1) is 19.9 Å². The van der Waals surface area contributed by atoms with Crippen molar-refractivity contribution in [1.82, 2.24) is 10.2 Å². The second-order valence-electron chi connectivity index (χ2n) is 3.69. The molecule has 6 heteroatoms. The zero-order valence-electron chi connectivity index (χ0n) is 10.5. The number of aromatic nitrogens is 2. The first-order chi connectivity index (χ1) is 9.15. The number of carbonyl (C=O) groups is 1. The molecule has 0 atom stereocenters. The molecule has 0 spiro atoms. The van der Waals surface area contributed by atoms with Crippen LogP contribution in [0.4, 0.5) is 0 Å². The highest BCUT2D eigenvalue weighted by atomic mass is 16.5. The molecular weight excluding hydrogens is 248 g/mol. The SMILES string of the molecule is COc1ccc(-c2cc(C(=O)O)c(OC)nn2)cc1. The van der Waals surface area contributed by atoms with Gasteiger partial charge in [-0.05, 0) is 30.3 Å². The first kappa shape index (κ1) is 12.8. The van der Waals surface area contributed by atoms with Crippen LogP contribution in [0.15, 0.2) is 30.3 Å². The molecule has 0 unspecified atom stereocenters. The van der Waals surface area contributed by atoms with Gasteiger partial charge >= 0.3 is 5.97 Å². The molecule has 0 fully saturated rings. The van der Waals surface area contributed by atoms with Gasteiger partial charge in [0, 0.05) is 5.56 Å². The highest BCUT2D eigenvalue weighted by molar-refractivity contribution is 5.91. The maximum absolute atomic E-state index is 11.1. The largest absolute Gasteiger partial charge is 0.497 e. The summed E-state index contributed by atoms with van der Waals surface area (Å²) in [5, 5.41) is 16.8. The van der Waals surface area contributed by atoms with E-state index in [1.165, 1.54) is 13.2 Å². The number of benzene rings is 1. The van der Waals surface area contributed by atoms with Crippen molar-refractivity contribution in [3.05, 3.63) is 35.9 Å². The average Bonchev–Trinajstić information content (AvgIpc) is 2.46. The van der Waals surface area contributed by atoms with E-state index in [0.717, 1.165) is 5.56 Å². The molecule has 2 aromatic rings. The van der Waals surface area contributed by atoms with Crippen molar-refractivity contribution < 1.29 is 19.4 Å². The molecule has 1 aromatic heterocycles. The summed E-state index contributed by atoms with van der Waals surface area (Å²) < 4.78 is 9.91. The van der Waals surface area contributed by atoms with Crippen molar-refractivity contribution in [2.24, 2.45) is 0 Å². The lowest BCUT2D eigenvalue weighted by molar-refractivity contribution is 0.0692. The van der Waals surface area contributed by atoms with E-state index in [9.17, 15) is 4.79 Å². The molecule has 0 amide bonds. The maximum Gasteiger partial charge on any atom is 0.341 e. The third-order valence-corrected chi connectivity index (χ3v) is 2.57. The van der Waals surface area contributed by atoms with Crippen LogP contribution in [0, 0.1) is 0 Å². The molecule has 0 aliphatic rings. The Bertz CT molecular complexity index is 596. The highest BCUT2D eigenvalue weighted by Gasteiger charge is 2.15. The predicted octanol–water partition coefficient (Wildman–Crippen LogP) is 1.86. The molecular formula is C13H12N2O4. The Hall–Kier alpha value is -2.63. The standard InChI is InChI=1S/C13H12N2O4/c1-18-9-5-3-8(4-6-9)11-7-10(13(16)17)12(19-2)15-14-11/h3-7H,1-2H3,(H,16,17). The summed E-state index contributed by atoms with van der Waals surface area (Å²) in [6, 6.07) is 8.52. The molecule has 0 bridgehead atoms. The van der Waals surface area contributed by atoms with Crippen LogP contribution in [0.3, 0.4) is 0 Å². The predicted molar refractivity (Wildman–Crippen MR) is 67.5 cm³/mol. The Labute approximate surface area is 109 Å². The van der Waals surface area contributed by atoms with Crippen molar-refractivity contribution in [3.8, 4) is 22.9 Å². The van der Waals surface area contributed by atoms with Crippen molar-refractivity contribution >= 4 is 5.97 Å². The lowest BCUT2D eigenvalue weighted by Crippen LogP contribution is -2.04. The van der Waals surface area contributed by atoms with Gasteiger partial charge in [0.25, 0.3) is 0 Å². The monoisotopic (exact) mass is 260 g/mol. The smallest absolute Gasteiger partial charge is 0.341 e. The third-order valence-electron chi connectivity index (χ3n) is 2.57. The third kappa shape index (κ3) is 2.62. The van der Waals surface area contributed by atoms with Crippen LogP contribution >= 0.6 is 0 Å². The highest BCUT2D eigenvalue weighted by Crippen LogP contribution is 2.23. The number of ether oxygens (including phenoxy) is 2. The van der Waals surface area contributed by atoms with Gasteiger partial charge in [-0.15, -0.1) is 10.2 Å². The van der Waals surface area contributed by atoms with Gasteiger partial charge in [-0.25, -0.2) is 4.79 Å². The lowest BCUT2D eigenvalue weighted by atomic mass is 10.1. The Morgan fingerprint density at radius 3 is 2.32 bits per heavy atom. The van der Waals surface area contributed by atoms with Crippen molar-refractivity contribution in [3.63, 3.8) is 0 Å². The van der Waals surface area contributed by atoms with Gasteiger partial charge in [-0.3, -0.25) is 0 Å². The number of nitrogens with zero attached hydrogens (tertiary/aromatic N) is 2. The fourth-order valence-corrected chi connectivity index (χ4v) is 1.59. The zero-order valence-corrected chi connectivity index (χ0v) is 10.5. The molecule has 1 N–H and O–H groups in total. The second kappa shape index (κ2) is 5.34. The first-order valence-electron chi connectivity index (χ1n) is 5.45. The van der Waals surface area contributed by atoms with Gasteiger partial charge in [0.15, 0.2) is 0 Å². The summed E-state index contributed by atoms with van der Waals surface area (Å²) in [6.07, 6.45) is 0. The van der Waals surface area contributed by atoms with Crippen molar-refractivity contribution in [2.75, 3.05) is 14.2 Å². The summed E-state index contributed by atoms with van der Waals surface area (Å²) >= 11 is 0. The summed E-state index contributed by atoms with van der Waals surface area (Å²) in [7, 11) is 2.92. The van der Waals surface area contributed by atoms with E-state index < -0.39 is 5.97 Å². The van der Waals surface area contributed by atoms with E-state index in [0.29, 0.717) is 11.4 Å². The van der Waals surface area contributed by atoms with Crippen molar-refractivity contribution in [1.29, 1.82) is 0 Å². The van der Waals surface area contributed by atoms with E-state index >= 15 is 0 Å². The number of methoxy groups -OCH3 is 2. The van der Waals surface area contributed by atoms with Crippen LogP contribution in [-0.2, 0) is 0 Å². The Balaban J connectivity index is 2.44. The molecule has 6 nitrogen and oxygen atoms in total. The number of hydrogen-bond acceptors (Lipinski definition) is 5. The Kier molecular flexibility index (Phi) is 3.61. The van der Waals surface area contributed by atoms with E-state index in [2.05, 4.69) is 10.2 Å². The summed E-state index contributed by atoms with van der Waals surface area (Å²) in [5.41, 5.74) is 1.18. The number of carboxylic acids is 1. The van der Waals surface area contributed by atoms with Crippen LogP contribution in [0.1, 0.15) is 10.4 Å². The van der Waals surface area contributed by atoms with Crippen LogP contribution < -0.4 is 9.47 Å². The quantitative estimate of drug-likeness (QED) is 0.903. The van der Waals surface area contributed by atoms with Gasteiger partial charge in [0.1, 0.15) is 11.3 Å². The molecule has 98 valence electrons. The van der Waals surface area contributed by atoms with E-state index in [1.807, 2.05) is 0 Å². The topological polar surface area (TPSA) is 81.5 Å². The molecule has 1 heterocycles. The number of carboxylic acid groups (broad SMARTS) is 1. The number of aromatic carboxylic acids is 1. The van der Waals surface area contributed by atoms with Crippen LogP contribution in [0.2, 0.25) is 0 Å². The second-order valence-corrected chi connectivity index (χ2v) is 3.69. The van der Waals surface area contributed by atoms with Gasteiger partial charge < -0.3 is 14.6 Å². The van der Waals surface area contributed by atoms with Gasteiger partial charge in [-0.1, -0.05) is 0 Å². The number of rotatable bonds is 4. The number of hydrogen-bond donors (Lipinski definition) is 1. The first-order valence-corrected chi connectivity index (χ1v) is 5.45. The van der Waals surface area contributed by atoms with E-state index in [-0.39, 0.29) is 11.4 Å². The fourth-order valence-electron chi connectivity index (χ4n) is 1.59. The zero-order chi connectivity index (χ0) is 13.8. The minimum atomic E-state index is -1.11. The molecule has 0 saturated heterocycles. The molecule has 19 heavy (non-hydrogen) atoms. The molecule has 1 aromatic carbocycles. The Morgan fingerprint density at radius 2 is 1.79 bits per heavy atom. The molecule has 0 aliphatic carbocycles. The summed E-state index contributed by atoms with van der Waals surface area (Å²) in [6.45, 7) is 0. The molecule has 0 aliphatic heterocycles.